The molecule has 0 unspecified atom stereocenters. The van der Waals surface area contributed by atoms with Gasteiger partial charge >= 0.3 is 12.1 Å². The number of carbonyl (C=O) groups is 2. The topological polar surface area (TPSA) is 92.8 Å². The number of nitrogens with one attached hydrogen (secondary N) is 1. The van der Waals surface area contributed by atoms with Crippen LogP contribution >= 0.6 is 0 Å². The third-order valence-electron chi connectivity index (χ3n) is 5.20. The molecule has 32 heavy (non-hydrogen) atoms. The molecule has 0 aromatic heterocycles. The summed E-state index contributed by atoms with van der Waals surface area (Å²) >= 11 is 0. The highest BCUT2D eigenvalue weighted by Crippen LogP contribution is 2.32. The molecule has 1 aliphatic rings. The molecule has 7 nitrogen and oxygen atoms in total. The van der Waals surface area contributed by atoms with Crippen LogP contribution in [0.25, 0.3) is 0 Å². The first kappa shape index (κ1) is 23.7. The van der Waals surface area contributed by atoms with Gasteiger partial charge in [-0.15, -0.1) is 0 Å². The zero-order chi connectivity index (χ0) is 23.5. The van der Waals surface area contributed by atoms with E-state index in [1.165, 1.54) is 19.2 Å². The molecule has 0 atom stereocenters. The number of methoxy groups -OCH3 is 1. The maximum atomic E-state index is 12.9. The van der Waals surface area contributed by atoms with Gasteiger partial charge in [-0.1, -0.05) is 6.07 Å². The molecular weight excluding hydrogens is 449 g/mol. The number of hydrogen-bond acceptors (Lipinski definition) is 5. The first-order valence-electron chi connectivity index (χ1n) is 9.69. The number of nitrogens with zero attached hydrogens (tertiary/aromatic N) is 1. The van der Waals surface area contributed by atoms with Crippen LogP contribution < -0.4 is 5.32 Å². The highest BCUT2D eigenvalue weighted by molar-refractivity contribution is 7.89. The van der Waals surface area contributed by atoms with Gasteiger partial charge in [-0.25, -0.2) is 13.2 Å². The maximum absolute atomic E-state index is 12.9. The predicted molar refractivity (Wildman–Crippen MR) is 109 cm³/mol. The fourth-order valence-electron chi connectivity index (χ4n) is 3.39. The molecule has 172 valence electrons. The summed E-state index contributed by atoms with van der Waals surface area (Å²) in [5.41, 5.74) is -0.230. The van der Waals surface area contributed by atoms with E-state index in [2.05, 4.69) is 10.1 Å². The SMILES string of the molecule is COC(=O)c1ccc(NC(=O)C2CCN(S(=O)(=O)c3cccc(C(F)(F)F)c3)CC2)cc1. The van der Waals surface area contributed by atoms with Crippen LogP contribution in [-0.2, 0) is 25.7 Å². The van der Waals surface area contributed by atoms with Gasteiger partial charge in [0.1, 0.15) is 0 Å². The van der Waals surface area contributed by atoms with E-state index in [4.69, 9.17) is 0 Å². The highest BCUT2D eigenvalue weighted by atomic mass is 32.2. The Hall–Kier alpha value is -2.92. The predicted octanol–water partition coefficient (Wildman–Crippen LogP) is 3.53. The van der Waals surface area contributed by atoms with Crippen LogP contribution in [0.3, 0.4) is 0 Å². The van der Waals surface area contributed by atoms with Gasteiger partial charge < -0.3 is 10.1 Å². The van der Waals surface area contributed by atoms with Crippen molar-refractivity contribution >= 4 is 27.6 Å². The van der Waals surface area contributed by atoms with E-state index < -0.39 is 38.5 Å². The normalized spacial score (nSPS) is 15.9. The van der Waals surface area contributed by atoms with Crippen LogP contribution in [0, 0.1) is 5.92 Å². The first-order valence-corrected chi connectivity index (χ1v) is 11.1. The van der Waals surface area contributed by atoms with Crippen molar-refractivity contribution in [3.8, 4) is 0 Å². The quantitative estimate of drug-likeness (QED) is 0.675. The Morgan fingerprint density at radius 1 is 1.06 bits per heavy atom. The number of alkyl halides is 3. The summed E-state index contributed by atoms with van der Waals surface area (Å²) in [6.07, 6.45) is -4.19. The molecule has 0 radical (unpaired) electrons. The number of esters is 1. The van der Waals surface area contributed by atoms with Crippen molar-refractivity contribution in [2.45, 2.75) is 23.9 Å². The van der Waals surface area contributed by atoms with Crippen molar-refractivity contribution in [3.05, 3.63) is 59.7 Å². The zero-order valence-electron chi connectivity index (χ0n) is 17.1. The van der Waals surface area contributed by atoms with Crippen molar-refractivity contribution in [3.63, 3.8) is 0 Å². The lowest BCUT2D eigenvalue weighted by molar-refractivity contribution is -0.137. The molecule has 1 heterocycles. The van der Waals surface area contributed by atoms with Gasteiger partial charge in [0.15, 0.2) is 0 Å². The van der Waals surface area contributed by atoms with Gasteiger partial charge in [0.2, 0.25) is 15.9 Å². The molecule has 1 fully saturated rings. The largest absolute Gasteiger partial charge is 0.465 e. The van der Waals surface area contributed by atoms with Gasteiger partial charge in [-0.3, -0.25) is 4.79 Å². The van der Waals surface area contributed by atoms with Crippen LogP contribution in [0.1, 0.15) is 28.8 Å². The lowest BCUT2D eigenvalue weighted by atomic mass is 9.97. The van der Waals surface area contributed by atoms with Crippen molar-refractivity contribution in [1.82, 2.24) is 4.31 Å². The molecule has 1 amide bonds. The second-order valence-corrected chi connectivity index (χ2v) is 9.20. The zero-order valence-corrected chi connectivity index (χ0v) is 17.9. The Morgan fingerprint density at radius 2 is 1.69 bits per heavy atom. The lowest BCUT2D eigenvalue weighted by Crippen LogP contribution is -2.41. The van der Waals surface area contributed by atoms with E-state index in [-0.39, 0.29) is 31.8 Å². The maximum Gasteiger partial charge on any atom is 0.416 e. The van der Waals surface area contributed by atoms with E-state index in [0.717, 1.165) is 22.5 Å². The van der Waals surface area contributed by atoms with E-state index in [9.17, 15) is 31.2 Å². The van der Waals surface area contributed by atoms with Crippen LogP contribution in [0.2, 0.25) is 0 Å². The Labute approximate surface area is 183 Å². The molecule has 1 N–H and O–H groups in total. The summed E-state index contributed by atoms with van der Waals surface area (Å²) < 4.78 is 70.0. The lowest BCUT2D eigenvalue weighted by Gasteiger charge is -2.30. The van der Waals surface area contributed by atoms with Gasteiger partial charge in [0.05, 0.1) is 23.1 Å². The summed E-state index contributed by atoms with van der Waals surface area (Å²) in [6, 6.07) is 9.73. The molecule has 2 aromatic carbocycles. The molecule has 0 aliphatic carbocycles. The van der Waals surface area contributed by atoms with Crippen LogP contribution in [0.5, 0.6) is 0 Å². The minimum absolute atomic E-state index is 0.0118. The second kappa shape index (κ2) is 9.29. The Kier molecular flexibility index (Phi) is 6.89. The molecule has 0 spiro atoms. The monoisotopic (exact) mass is 470 g/mol. The average Bonchev–Trinajstić information content (AvgIpc) is 2.78. The minimum Gasteiger partial charge on any atom is -0.465 e. The van der Waals surface area contributed by atoms with Crippen molar-refractivity contribution in [2.24, 2.45) is 5.92 Å². The third kappa shape index (κ3) is 5.28. The van der Waals surface area contributed by atoms with E-state index in [0.29, 0.717) is 17.3 Å². The van der Waals surface area contributed by atoms with Crippen LogP contribution in [0.15, 0.2) is 53.4 Å². The second-order valence-electron chi connectivity index (χ2n) is 7.26. The fourth-order valence-corrected chi connectivity index (χ4v) is 4.91. The van der Waals surface area contributed by atoms with Gasteiger partial charge in [0.25, 0.3) is 0 Å². The number of piperidine rings is 1. The molecule has 0 bridgehead atoms. The summed E-state index contributed by atoms with van der Waals surface area (Å²) in [7, 11) is -2.85. The minimum atomic E-state index is -4.65. The Bertz CT molecular complexity index is 1090. The van der Waals surface area contributed by atoms with Gasteiger partial charge in [-0.05, 0) is 55.3 Å². The average molecular weight is 470 g/mol. The van der Waals surface area contributed by atoms with Crippen LogP contribution in [-0.4, -0.2) is 44.8 Å². The smallest absolute Gasteiger partial charge is 0.416 e. The number of rotatable bonds is 5. The number of amides is 1. The third-order valence-corrected chi connectivity index (χ3v) is 7.09. The van der Waals surface area contributed by atoms with Gasteiger partial charge in [-0.2, -0.15) is 17.5 Å². The summed E-state index contributed by atoms with van der Waals surface area (Å²) in [6.45, 7) is 0.0237. The molecule has 11 heteroatoms. The summed E-state index contributed by atoms with van der Waals surface area (Å²) in [5, 5.41) is 2.72. The van der Waals surface area contributed by atoms with Crippen molar-refractivity contribution in [1.29, 1.82) is 0 Å². The van der Waals surface area contributed by atoms with Gasteiger partial charge in [0, 0.05) is 24.7 Å². The number of anilines is 1. The summed E-state index contributed by atoms with van der Waals surface area (Å²) in [5.74, 6) is -1.26. The number of benzene rings is 2. The first-order chi connectivity index (χ1) is 15.0. The van der Waals surface area contributed by atoms with E-state index >= 15 is 0 Å². The highest BCUT2D eigenvalue weighted by Gasteiger charge is 2.35. The van der Waals surface area contributed by atoms with Crippen LogP contribution in [0.4, 0.5) is 18.9 Å². The Morgan fingerprint density at radius 3 is 2.25 bits per heavy atom. The number of halogens is 3. The van der Waals surface area contributed by atoms with E-state index in [1.807, 2.05) is 0 Å². The molecule has 2 aromatic rings. The Balaban J connectivity index is 1.62. The van der Waals surface area contributed by atoms with Crippen molar-refractivity contribution < 1.29 is 35.9 Å². The van der Waals surface area contributed by atoms with E-state index in [1.54, 1.807) is 12.1 Å². The number of ether oxygens (including phenoxy) is 1. The summed E-state index contributed by atoms with van der Waals surface area (Å²) in [4.78, 5) is 23.6. The number of carbonyl (C=O) groups excluding carboxylic acids is 2. The standard InChI is InChI=1S/C21H21F3N2O5S/c1-31-20(28)15-5-7-17(8-6-15)25-19(27)14-9-11-26(12-10-14)32(29,30)18-4-2-3-16(13-18)21(22,23)24/h2-8,13-14H,9-12H2,1H3,(H,25,27). The molecule has 0 saturated carbocycles. The fraction of sp³-hybridized carbons (Fsp3) is 0.333. The molecular formula is C21H21F3N2O5S. The number of sulfonamides is 1. The number of hydrogen-bond donors (Lipinski definition) is 1. The van der Waals surface area contributed by atoms with Crippen molar-refractivity contribution in [2.75, 3.05) is 25.5 Å². The molecule has 1 aliphatic heterocycles. The molecule has 1 saturated heterocycles. The molecule has 3 rings (SSSR count).